The first-order valence-corrected chi connectivity index (χ1v) is 11.5. The van der Waals surface area contributed by atoms with E-state index in [1.807, 2.05) is 36.4 Å². The molecule has 0 unspecified atom stereocenters. The number of nitrogens with zero attached hydrogens (tertiary/aromatic N) is 2. The van der Waals surface area contributed by atoms with Crippen molar-refractivity contribution in [3.8, 4) is 16.9 Å². The minimum absolute atomic E-state index is 0.274. The zero-order chi connectivity index (χ0) is 20.1. The van der Waals surface area contributed by atoms with Gasteiger partial charge in [0.2, 0.25) is 0 Å². The highest BCUT2D eigenvalue weighted by Gasteiger charge is 2.15. The molecule has 1 saturated heterocycles. The van der Waals surface area contributed by atoms with Crippen molar-refractivity contribution < 1.29 is 13.2 Å². The molecule has 29 heavy (non-hydrogen) atoms. The highest BCUT2D eigenvalue weighted by Crippen LogP contribution is 2.24. The zero-order valence-corrected chi connectivity index (χ0v) is 17.2. The SMILES string of the molecule is O=S(=O)(c1ccc(-c2ccc(OCCCN3CCCC3)cc2)cc1)n1cccc1. The smallest absolute Gasteiger partial charge is 0.267 e. The summed E-state index contributed by atoms with van der Waals surface area (Å²) in [4.78, 5) is 2.77. The fraction of sp³-hybridized carbons (Fsp3) is 0.304. The molecule has 0 spiro atoms. The average Bonchev–Trinajstić information content (AvgIpc) is 3.46. The van der Waals surface area contributed by atoms with E-state index < -0.39 is 10.0 Å². The molecule has 152 valence electrons. The van der Waals surface area contributed by atoms with Gasteiger partial charge < -0.3 is 9.64 Å². The lowest BCUT2D eigenvalue weighted by Crippen LogP contribution is -2.21. The van der Waals surface area contributed by atoms with Crippen molar-refractivity contribution in [3.05, 3.63) is 73.1 Å². The second-order valence-electron chi connectivity index (χ2n) is 7.32. The molecular formula is C23H26N2O3S. The topological polar surface area (TPSA) is 51.5 Å². The fourth-order valence-electron chi connectivity index (χ4n) is 3.65. The van der Waals surface area contributed by atoms with Crippen LogP contribution in [0.3, 0.4) is 0 Å². The Kier molecular flexibility index (Phi) is 6.02. The maximum Gasteiger partial charge on any atom is 0.267 e. The predicted molar refractivity (Wildman–Crippen MR) is 115 cm³/mol. The van der Waals surface area contributed by atoms with E-state index in [9.17, 15) is 8.42 Å². The van der Waals surface area contributed by atoms with Crippen molar-refractivity contribution in [2.24, 2.45) is 0 Å². The summed E-state index contributed by atoms with van der Waals surface area (Å²) in [7, 11) is -3.53. The van der Waals surface area contributed by atoms with Crippen LogP contribution in [0.15, 0.2) is 78.0 Å². The third-order valence-electron chi connectivity index (χ3n) is 5.28. The van der Waals surface area contributed by atoms with Crippen LogP contribution in [-0.4, -0.2) is 43.5 Å². The van der Waals surface area contributed by atoms with Crippen LogP contribution in [0.25, 0.3) is 11.1 Å². The van der Waals surface area contributed by atoms with Crippen LogP contribution in [-0.2, 0) is 10.0 Å². The maximum absolute atomic E-state index is 12.5. The zero-order valence-electron chi connectivity index (χ0n) is 16.4. The van der Waals surface area contributed by atoms with Gasteiger partial charge in [-0.1, -0.05) is 24.3 Å². The first-order valence-electron chi connectivity index (χ1n) is 10.1. The minimum atomic E-state index is -3.53. The molecule has 0 N–H and O–H groups in total. The second kappa shape index (κ2) is 8.84. The highest BCUT2D eigenvalue weighted by atomic mass is 32.2. The van der Waals surface area contributed by atoms with Gasteiger partial charge in [0.15, 0.2) is 0 Å². The van der Waals surface area contributed by atoms with Gasteiger partial charge in [-0.15, -0.1) is 0 Å². The quantitative estimate of drug-likeness (QED) is 0.521. The molecule has 0 aliphatic carbocycles. The van der Waals surface area contributed by atoms with E-state index in [-0.39, 0.29) is 4.90 Å². The molecule has 0 saturated carbocycles. The molecule has 2 heterocycles. The number of ether oxygens (including phenoxy) is 1. The Morgan fingerprint density at radius 2 is 1.41 bits per heavy atom. The Hall–Kier alpha value is -2.57. The van der Waals surface area contributed by atoms with Gasteiger partial charge in [0, 0.05) is 18.9 Å². The van der Waals surface area contributed by atoms with Crippen molar-refractivity contribution in [2.45, 2.75) is 24.2 Å². The fourth-order valence-corrected chi connectivity index (χ4v) is 4.83. The standard InChI is InChI=1S/C23H26N2O3S/c26-29(27,25-17-3-4-18-25)23-12-8-21(9-13-23)20-6-10-22(11-7-20)28-19-5-16-24-14-1-2-15-24/h3-4,6-13,17-18H,1-2,5,14-16,19H2. The Balaban J connectivity index is 1.35. The summed E-state index contributed by atoms with van der Waals surface area (Å²) in [5.41, 5.74) is 2.00. The Morgan fingerprint density at radius 3 is 2.03 bits per heavy atom. The molecule has 0 atom stereocenters. The van der Waals surface area contributed by atoms with Crippen LogP contribution >= 0.6 is 0 Å². The molecule has 3 aromatic rings. The van der Waals surface area contributed by atoms with Gasteiger partial charge in [-0.3, -0.25) is 0 Å². The predicted octanol–water partition coefficient (Wildman–Crippen LogP) is 4.26. The summed E-state index contributed by atoms with van der Waals surface area (Å²) >= 11 is 0. The first kappa shape index (κ1) is 19.7. The summed E-state index contributed by atoms with van der Waals surface area (Å²) in [6.45, 7) is 4.28. The van der Waals surface area contributed by atoms with E-state index in [1.54, 1.807) is 24.3 Å². The molecule has 0 bridgehead atoms. The second-order valence-corrected chi connectivity index (χ2v) is 9.16. The van der Waals surface area contributed by atoms with Gasteiger partial charge in [-0.2, -0.15) is 0 Å². The molecular weight excluding hydrogens is 384 g/mol. The van der Waals surface area contributed by atoms with Crippen LogP contribution in [0.1, 0.15) is 19.3 Å². The van der Waals surface area contributed by atoms with Crippen LogP contribution in [0.4, 0.5) is 0 Å². The molecule has 5 nitrogen and oxygen atoms in total. The van der Waals surface area contributed by atoms with Gasteiger partial charge in [0.25, 0.3) is 10.0 Å². The summed E-state index contributed by atoms with van der Waals surface area (Å²) in [5, 5.41) is 0. The third kappa shape index (κ3) is 4.71. The number of rotatable bonds is 8. The van der Waals surface area contributed by atoms with Gasteiger partial charge in [0.05, 0.1) is 11.5 Å². The Labute approximate surface area is 172 Å². The van der Waals surface area contributed by atoms with E-state index >= 15 is 0 Å². The van der Waals surface area contributed by atoms with E-state index in [1.165, 1.54) is 42.3 Å². The van der Waals surface area contributed by atoms with Gasteiger partial charge in [0.1, 0.15) is 5.75 Å². The van der Waals surface area contributed by atoms with Crippen LogP contribution < -0.4 is 4.74 Å². The van der Waals surface area contributed by atoms with Crippen LogP contribution in [0.5, 0.6) is 5.75 Å². The molecule has 1 fully saturated rings. The van der Waals surface area contributed by atoms with E-state index in [0.29, 0.717) is 0 Å². The Bertz CT molecular complexity index is 1000. The lowest BCUT2D eigenvalue weighted by atomic mass is 10.1. The van der Waals surface area contributed by atoms with Gasteiger partial charge in [-0.05, 0) is 79.9 Å². The molecule has 1 aromatic heterocycles. The number of hydrogen-bond acceptors (Lipinski definition) is 4. The molecule has 6 heteroatoms. The number of benzene rings is 2. The van der Waals surface area contributed by atoms with Crippen molar-refractivity contribution in [3.63, 3.8) is 0 Å². The number of likely N-dealkylation sites (tertiary alicyclic amines) is 1. The van der Waals surface area contributed by atoms with E-state index in [0.717, 1.165) is 36.4 Å². The van der Waals surface area contributed by atoms with E-state index in [4.69, 9.17) is 4.74 Å². The molecule has 4 rings (SSSR count). The largest absolute Gasteiger partial charge is 0.494 e. The first-order chi connectivity index (χ1) is 14.1. The van der Waals surface area contributed by atoms with Gasteiger partial charge >= 0.3 is 0 Å². The normalized spacial score (nSPS) is 14.9. The van der Waals surface area contributed by atoms with Crippen LogP contribution in [0, 0.1) is 0 Å². The van der Waals surface area contributed by atoms with Crippen molar-refractivity contribution in [1.29, 1.82) is 0 Å². The Morgan fingerprint density at radius 1 is 0.828 bits per heavy atom. The lowest BCUT2D eigenvalue weighted by molar-refractivity contribution is 0.263. The molecule has 1 aliphatic rings. The molecule has 1 aliphatic heterocycles. The van der Waals surface area contributed by atoms with Crippen molar-refractivity contribution in [1.82, 2.24) is 8.87 Å². The number of aromatic nitrogens is 1. The summed E-state index contributed by atoms with van der Waals surface area (Å²) < 4.78 is 32.2. The molecule has 2 aromatic carbocycles. The maximum atomic E-state index is 12.5. The number of hydrogen-bond donors (Lipinski definition) is 0. The lowest BCUT2D eigenvalue weighted by Gasteiger charge is -2.14. The van der Waals surface area contributed by atoms with Crippen molar-refractivity contribution in [2.75, 3.05) is 26.2 Å². The van der Waals surface area contributed by atoms with Gasteiger partial charge in [-0.25, -0.2) is 12.4 Å². The summed E-state index contributed by atoms with van der Waals surface area (Å²) in [6, 6.07) is 18.3. The molecule has 0 radical (unpaired) electrons. The van der Waals surface area contributed by atoms with E-state index in [2.05, 4.69) is 4.90 Å². The minimum Gasteiger partial charge on any atom is -0.494 e. The summed E-state index contributed by atoms with van der Waals surface area (Å²) in [5.74, 6) is 0.863. The van der Waals surface area contributed by atoms with Crippen molar-refractivity contribution >= 4 is 10.0 Å². The monoisotopic (exact) mass is 410 g/mol. The third-order valence-corrected chi connectivity index (χ3v) is 6.95. The van der Waals surface area contributed by atoms with Crippen LogP contribution in [0.2, 0.25) is 0 Å². The molecule has 0 amide bonds. The average molecular weight is 411 g/mol. The highest BCUT2D eigenvalue weighted by molar-refractivity contribution is 7.90. The summed E-state index contributed by atoms with van der Waals surface area (Å²) in [6.07, 6.45) is 6.75.